The van der Waals surface area contributed by atoms with Crippen LogP contribution in [0.1, 0.15) is 72.6 Å². The number of hydrogen-bond acceptors (Lipinski definition) is 4. The van der Waals surface area contributed by atoms with Crippen LogP contribution in [0.5, 0.6) is 0 Å². The van der Waals surface area contributed by atoms with Crippen molar-refractivity contribution in [2.75, 3.05) is 20.2 Å². The Labute approximate surface area is 164 Å². The lowest BCUT2D eigenvalue weighted by Crippen LogP contribution is -2.51. The molecule has 2 atom stereocenters. The van der Waals surface area contributed by atoms with Crippen LogP contribution < -0.4 is 5.32 Å². The number of rotatable bonds is 3. The van der Waals surface area contributed by atoms with E-state index in [-0.39, 0.29) is 36.5 Å². The Hall–Kier alpha value is -0.785. The summed E-state index contributed by atoms with van der Waals surface area (Å²) >= 11 is 0. The van der Waals surface area contributed by atoms with Crippen LogP contribution in [0.25, 0.3) is 0 Å². The van der Waals surface area contributed by atoms with Gasteiger partial charge in [0.15, 0.2) is 0 Å². The van der Waals surface area contributed by atoms with Crippen LogP contribution >= 0.6 is 0 Å². The summed E-state index contributed by atoms with van der Waals surface area (Å²) in [6.45, 7) is 9.88. The van der Waals surface area contributed by atoms with Gasteiger partial charge in [-0.15, -0.1) is 0 Å². The predicted octanol–water partition coefficient (Wildman–Crippen LogP) is 3.60. The lowest BCUT2D eigenvalue weighted by Gasteiger charge is -2.34. The van der Waals surface area contributed by atoms with Crippen molar-refractivity contribution in [3.8, 4) is 0 Å². The minimum atomic E-state index is -0.291. The largest absolute Gasteiger partial charge is 0.461 e. The minimum Gasteiger partial charge on any atom is -0.403 e. The number of likely N-dealkylation sites (tertiary alicyclic amines) is 1. The maximum absolute atomic E-state index is 12.8. The van der Waals surface area contributed by atoms with Crippen molar-refractivity contribution < 1.29 is 18.8 Å². The second-order valence-electron chi connectivity index (χ2n) is 9.42. The zero-order chi connectivity index (χ0) is 19.7. The molecule has 0 aromatic rings. The van der Waals surface area contributed by atoms with E-state index < -0.39 is 0 Å². The SMILES string of the molecule is COC1CCCCCC1NC(=O)N1CCC(B2OC(C)(C)C(C)(C)O2)CC1. The first-order chi connectivity index (χ1) is 12.7. The fraction of sp³-hybridized carbons (Fsp3) is 0.950. The van der Waals surface area contributed by atoms with Crippen LogP contribution in [0.3, 0.4) is 0 Å². The maximum atomic E-state index is 12.8. The smallest absolute Gasteiger partial charge is 0.403 e. The number of nitrogens with zero attached hydrogens (tertiary/aromatic N) is 1. The van der Waals surface area contributed by atoms with Crippen molar-refractivity contribution in [2.24, 2.45) is 0 Å². The van der Waals surface area contributed by atoms with E-state index in [9.17, 15) is 4.79 Å². The molecule has 6 nitrogen and oxygen atoms in total. The van der Waals surface area contributed by atoms with E-state index in [1.165, 1.54) is 12.8 Å². The molecule has 0 aromatic carbocycles. The van der Waals surface area contributed by atoms with Gasteiger partial charge >= 0.3 is 13.1 Å². The monoisotopic (exact) mass is 380 g/mol. The molecular weight excluding hydrogens is 343 g/mol. The number of piperidine rings is 1. The lowest BCUT2D eigenvalue weighted by molar-refractivity contribution is 0.00578. The Bertz CT molecular complexity index is 504. The molecule has 2 heterocycles. The molecule has 2 aliphatic heterocycles. The molecule has 0 aromatic heterocycles. The molecule has 2 amide bonds. The number of carbonyl (C=O) groups excluding carboxylic acids is 1. The van der Waals surface area contributed by atoms with Gasteiger partial charge < -0.3 is 24.3 Å². The first kappa shape index (κ1) is 20.9. The first-order valence-corrected chi connectivity index (χ1v) is 10.7. The standard InChI is InChI=1S/C20H37BN2O4/c1-19(2)20(3,4)27-21(26-19)15-11-13-23(14-12-15)18(24)22-16-9-7-6-8-10-17(16)25-5/h15-17H,6-14H2,1-5H3,(H,22,24). The summed E-state index contributed by atoms with van der Waals surface area (Å²) in [5.74, 6) is 0.347. The fourth-order valence-corrected chi connectivity index (χ4v) is 4.43. The van der Waals surface area contributed by atoms with Crippen molar-refractivity contribution >= 4 is 13.1 Å². The van der Waals surface area contributed by atoms with Crippen LogP contribution in [-0.2, 0) is 14.0 Å². The molecule has 0 radical (unpaired) electrons. The summed E-state index contributed by atoms with van der Waals surface area (Å²) < 4.78 is 18.0. The fourth-order valence-electron chi connectivity index (χ4n) is 4.43. The highest BCUT2D eigenvalue weighted by molar-refractivity contribution is 6.47. The van der Waals surface area contributed by atoms with Gasteiger partial charge in [-0.3, -0.25) is 0 Å². The molecule has 3 rings (SSSR count). The van der Waals surface area contributed by atoms with Crippen LogP contribution in [0, 0.1) is 0 Å². The average Bonchev–Trinajstić information content (AvgIpc) is 2.77. The zero-order valence-electron chi connectivity index (χ0n) is 17.8. The van der Waals surface area contributed by atoms with E-state index in [0.29, 0.717) is 5.82 Å². The topological polar surface area (TPSA) is 60.0 Å². The molecule has 0 spiro atoms. The van der Waals surface area contributed by atoms with Crippen LogP contribution in [0.2, 0.25) is 5.82 Å². The second-order valence-corrected chi connectivity index (χ2v) is 9.42. The third kappa shape index (κ3) is 4.62. The number of hydrogen-bond donors (Lipinski definition) is 1. The summed E-state index contributed by atoms with van der Waals surface area (Å²) in [6.07, 6.45) is 7.59. The summed E-state index contributed by atoms with van der Waals surface area (Å²) in [6, 6.07) is 0.183. The van der Waals surface area contributed by atoms with E-state index in [1.807, 2.05) is 4.90 Å². The lowest BCUT2D eigenvalue weighted by atomic mass is 9.67. The summed E-state index contributed by atoms with van der Waals surface area (Å²) in [4.78, 5) is 14.7. The van der Waals surface area contributed by atoms with Gasteiger partial charge in [0, 0.05) is 20.2 Å². The Morgan fingerprint density at radius 1 is 1.00 bits per heavy atom. The van der Waals surface area contributed by atoms with Crippen LogP contribution in [-0.4, -0.2) is 61.6 Å². The van der Waals surface area contributed by atoms with Gasteiger partial charge in [0.2, 0.25) is 0 Å². The van der Waals surface area contributed by atoms with Crippen molar-refractivity contribution in [1.82, 2.24) is 10.2 Å². The van der Waals surface area contributed by atoms with Gasteiger partial charge in [-0.2, -0.15) is 0 Å². The summed E-state index contributed by atoms with van der Waals surface area (Å²) in [5.41, 5.74) is -0.582. The molecule has 1 N–H and O–H groups in total. The maximum Gasteiger partial charge on any atom is 0.461 e. The Kier molecular flexibility index (Phi) is 6.43. The van der Waals surface area contributed by atoms with Crippen molar-refractivity contribution in [2.45, 2.75) is 102 Å². The third-order valence-electron chi connectivity index (χ3n) is 7.05. The third-order valence-corrected chi connectivity index (χ3v) is 7.05. The van der Waals surface area contributed by atoms with Gasteiger partial charge in [-0.1, -0.05) is 19.3 Å². The van der Waals surface area contributed by atoms with Gasteiger partial charge in [-0.25, -0.2) is 4.79 Å². The molecule has 7 heteroatoms. The Morgan fingerprint density at radius 3 is 2.19 bits per heavy atom. The minimum absolute atomic E-state index is 0.0521. The number of urea groups is 1. The van der Waals surface area contributed by atoms with Crippen LogP contribution in [0.4, 0.5) is 4.79 Å². The molecule has 154 valence electrons. The van der Waals surface area contributed by atoms with Gasteiger partial charge in [-0.05, 0) is 59.2 Å². The Balaban J connectivity index is 1.49. The van der Waals surface area contributed by atoms with Crippen molar-refractivity contribution in [3.05, 3.63) is 0 Å². The van der Waals surface area contributed by atoms with Crippen molar-refractivity contribution in [1.29, 1.82) is 0 Å². The predicted molar refractivity (Wildman–Crippen MR) is 107 cm³/mol. The van der Waals surface area contributed by atoms with Crippen LogP contribution in [0.15, 0.2) is 0 Å². The van der Waals surface area contributed by atoms with Gasteiger partial charge in [0.1, 0.15) is 0 Å². The normalized spacial score (nSPS) is 31.6. The van der Waals surface area contributed by atoms with Gasteiger partial charge in [0.25, 0.3) is 0 Å². The second kappa shape index (κ2) is 8.30. The molecule has 27 heavy (non-hydrogen) atoms. The first-order valence-electron chi connectivity index (χ1n) is 10.7. The highest BCUT2D eigenvalue weighted by atomic mass is 16.7. The molecule has 3 aliphatic rings. The van der Waals surface area contributed by atoms with Gasteiger partial charge in [0.05, 0.1) is 23.3 Å². The van der Waals surface area contributed by atoms with E-state index in [2.05, 4.69) is 33.0 Å². The number of methoxy groups -OCH3 is 1. The number of ether oxygens (including phenoxy) is 1. The van der Waals surface area contributed by atoms with E-state index in [4.69, 9.17) is 14.0 Å². The van der Waals surface area contributed by atoms with E-state index in [0.717, 1.165) is 45.2 Å². The quantitative estimate of drug-likeness (QED) is 0.600. The number of nitrogens with one attached hydrogen (secondary N) is 1. The molecule has 1 saturated carbocycles. The molecule has 2 unspecified atom stereocenters. The molecule has 3 fully saturated rings. The highest BCUT2D eigenvalue weighted by Crippen LogP contribution is 2.42. The molecule has 0 bridgehead atoms. The summed E-state index contributed by atoms with van der Waals surface area (Å²) in [7, 11) is 1.59. The van der Waals surface area contributed by atoms with E-state index >= 15 is 0 Å². The van der Waals surface area contributed by atoms with E-state index in [1.54, 1.807) is 7.11 Å². The Morgan fingerprint density at radius 2 is 1.59 bits per heavy atom. The molecular formula is C20H37BN2O4. The molecule has 2 saturated heterocycles. The average molecular weight is 380 g/mol. The number of amides is 2. The van der Waals surface area contributed by atoms with Crippen molar-refractivity contribution in [3.63, 3.8) is 0 Å². The highest BCUT2D eigenvalue weighted by Gasteiger charge is 2.54. The molecule has 1 aliphatic carbocycles. The zero-order valence-corrected chi connectivity index (χ0v) is 17.8. The number of carbonyl (C=O) groups is 1. The summed E-state index contributed by atoms with van der Waals surface area (Å²) in [5, 5.41) is 3.24.